The van der Waals surface area contributed by atoms with E-state index in [1.165, 1.54) is 4.79 Å². The van der Waals surface area contributed by atoms with Gasteiger partial charge in [0.1, 0.15) is 12.4 Å². The SMILES string of the molecule is C(=Nn1nnnc1Nc1ccccc1)c1ccccc1OCc1ccccc1. The van der Waals surface area contributed by atoms with E-state index < -0.39 is 0 Å². The fraction of sp³-hybridized carbons (Fsp3) is 0.0476. The zero-order valence-corrected chi connectivity index (χ0v) is 15.0. The van der Waals surface area contributed by atoms with Crippen molar-refractivity contribution in [1.29, 1.82) is 0 Å². The average molecular weight is 370 g/mol. The van der Waals surface area contributed by atoms with Gasteiger partial charge in [-0.1, -0.05) is 70.6 Å². The van der Waals surface area contributed by atoms with Crippen LogP contribution >= 0.6 is 0 Å². The molecule has 1 heterocycles. The van der Waals surface area contributed by atoms with Crippen LogP contribution in [0, 0.1) is 0 Å². The molecule has 28 heavy (non-hydrogen) atoms. The Morgan fingerprint density at radius 1 is 0.893 bits per heavy atom. The molecule has 7 nitrogen and oxygen atoms in total. The number of anilines is 2. The van der Waals surface area contributed by atoms with Crippen molar-refractivity contribution >= 4 is 17.9 Å². The van der Waals surface area contributed by atoms with Gasteiger partial charge in [0.25, 0.3) is 5.95 Å². The molecular weight excluding hydrogens is 352 g/mol. The van der Waals surface area contributed by atoms with Gasteiger partial charge in [-0.15, -0.1) is 0 Å². The number of ether oxygens (including phenoxy) is 1. The summed E-state index contributed by atoms with van der Waals surface area (Å²) in [4.78, 5) is 1.33. The Morgan fingerprint density at radius 3 is 2.43 bits per heavy atom. The van der Waals surface area contributed by atoms with E-state index in [2.05, 4.69) is 25.9 Å². The minimum absolute atomic E-state index is 0.421. The summed E-state index contributed by atoms with van der Waals surface area (Å²) in [5.74, 6) is 1.16. The first-order valence-electron chi connectivity index (χ1n) is 8.79. The van der Waals surface area contributed by atoms with E-state index in [1.54, 1.807) is 6.21 Å². The highest BCUT2D eigenvalue weighted by atomic mass is 16.5. The van der Waals surface area contributed by atoms with E-state index in [0.717, 1.165) is 22.6 Å². The van der Waals surface area contributed by atoms with Gasteiger partial charge in [-0.2, -0.15) is 5.10 Å². The fourth-order valence-corrected chi connectivity index (χ4v) is 2.56. The first-order valence-corrected chi connectivity index (χ1v) is 8.79. The van der Waals surface area contributed by atoms with Crippen molar-refractivity contribution in [1.82, 2.24) is 20.3 Å². The molecule has 0 radical (unpaired) electrons. The highest BCUT2D eigenvalue weighted by molar-refractivity contribution is 5.83. The number of para-hydroxylation sites is 2. The van der Waals surface area contributed by atoms with Crippen molar-refractivity contribution in [2.24, 2.45) is 5.10 Å². The van der Waals surface area contributed by atoms with E-state index in [4.69, 9.17) is 4.74 Å². The first-order chi connectivity index (χ1) is 13.9. The van der Waals surface area contributed by atoms with Crippen molar-refractivity contribution in [3.05, 3.63) is 96.1 Å². The molecule has 0 bridgehead atoms. The molecule has 0 spiro atoms. The number of hydrogen-bond donors (Lipinski definition) is 1. The lowest BCUT2D eigenvalue weighted by molar-refractivity contribution is 0.306. The largest absolute Gasteiger partial charge is 0.488 e. The van der Waals surface area contributed by atoms with Gasteiger partial charge in [0.2, 0.25) is 0 Å². The van der Waals surface area contributed by atoms with Crippen LogP contribution in [0.4, 0.5) is 11.6 Å². The molecule has 7 heteroatoms. The summed E-state index contributed by atoms with van der Waals surface area (Å²) in [6, 6.07) is 27.4. The summed E-state index contributed by atoms with van der Waals surface area (Å²) >= 11 is 0. The molecule has 0 aliphatic heterocycles. The zero-order valence-electron chi connectivity index (χ0n) is 15.0. The molecule has 0 aliphatic carbocycles. The normalized spacial score (nSPS) is 10.9. The molecule has 1 aromatic heterocycles. The molecule has 0 aliphatic rings. The molecule has 4 rings (SSSR count). The van der Waals surface area contributed by atoms with Gasteiger partial charge in [-0.3, -0.25) is 0 Å². The summed E-state index contributed by atoms with van der Waals surface area (Å²) in [6.07, 6.45) is 1.67. The number of hydrogen-bond acceptors (Lipinski definition) is 6. The maximum absolute atomic E-state index is 5.95. The number of nitrogens with one attached hydrogen (secondary N) is 1. The van der Waals surface area contributed by atoms with Crippen LogP contribution in [-0.2, 0) is 6.61 Å². The van der Waals surface area contributed by atoms with E-state index in [-0.39, 0.29) is 0 Å². The number of benzene rings is 3. The van der Waals surface area contributed by atoms with Crippen LogP contribution in [0.25, 0.3) is 0 Å². The topological polar surface area (TPSA) is 77.2 Å². The monoisotopic (exact) mass is 370 g/mol. The van der Waals surface area contributed by atoms with E-state index in [1.807, 2.05) is 84.9 Å². The molecule has 0 amide bonds. The van der Waals surface area contributed by atoms with Gasteiger partial charge >= 0.3 is 0 Å². The van der Waals surface area contributed by atoms with E-state index in [9.17, 15) is 0 Å². The Balaban J connectivity index is 1.49. The Labute approximate surface area is 162 Å². The van der Waals surface area contributed by atoms with Crippen molar-refractivity contribution < 1.29 is 4.74 Å². The van der Waals surface area contributed by atoms with Gasteiger partial charge in [0.15, 0.2) is 0 Å². The Kier molecular flexibility index (Phi) is 5.34. The average Bonchev–Trinajstić information content (AvgIpc) is 3.19. The van der Waals surface area contributed by atoms with Gasteiger partial charge in [0, 0.05) is 11.3 Å². The van der Waals surface area contributed by atoms with Crippen molar-refractivity contribution in [2.45, 2.75) is 6.61 Å². The molecule has 0 fully saturated rings. The maximum atomic E-state index is 5.95. The fourth-order valence-electron chi connectivity index (χ4n) is 2.56. The standard InChI is InChI=1S/C21H18N6O/c1-3-9-17(10-4-1)16-28-20-14-8-7-11-18(20)15-22-27-21(24-25-26-27)23-19-12-5-2-6-13-19/h1-15H,16H2,(H,23,24,26). The van der Waals surface area contributed by atoms with Gasteiger partial charge < -0.3 is 10.1 Å². The molecule has 1 N–H and O–H groups in total. The minimum Gasteiger partial charge on any atom is -0.488 e. The van der Waals surface area contributed by atoms with Crippen LogP contribution in [0.3, 0.4) is 0 Å². The lowest BCUT2D eigenvalue weighted by Gasteiger charge is -2.09. The van der Waals surface area contributed by atoms with Crippen LogP contribution in [0.2, 0.25) is 0 Å². The highest BCUT2D eigenvalue weighted by Gasteiger charge is 2.06. The Hall–Kier alpha value is -4.00. The predicted molar refractivity (Wildman–Crippen MR) is 108 cm³/mol. The number of nitrogens with zero attached hydrogens (tertiary/aromatic N) is 5. The molecular formula is C21H18N6O. The smallest absolute Gasteiger partial charge is 0.269 e. The molecule has 3 aromatic carbocycles. The second kappa shape index (κ2) is 8.59. The lowest BCUT2D eigenvalue weighted by atomic mass is 10.2. The van der Waals surface area contributed by atoms with Gasteiger partial charge in [0.05, 0.1) is 6.21 Å². The Morgan fingerprint density at radius 2 is 1.61 bits per heavy atom. The molecule has 4 aromatic rings. The van der Waals surface area contributed by atoms with Gasteiger partial charge in [-0.05, 0) is 40.3 Å². The van der Waals surface area contributed by atoms with Crippen LogP contribution in [0.15, 0.2) is 90.0 Å². The van der Waals surface area contributed by atoms with Crippen molar-refractivity contribution in [2.75, 3.05) is 5.32 Å². The number of rotatable bonds is 7. The first kappa shape index (κ1) is 17.4. The quantitative estimate of drug-likeness (QED) is 0.500. The van der Waals surface area contributed by atoms with Crippen LogP contribution < -0.4 is 10.1 Å². The number of aromatic nitrogens is 4. The zero-order chi connectivity index (χ0) is 19.0. The highest BCUT2D eigenvalue weighted by Crippen LogP contribution is 2.18. The molecule has 0 unspecified atom stereocenters. The second-order valence-corrected chi connectivity index (χ2v) is 5.94. The van der Waals surface area contributed by atoms with Gasteiger partial charge in [-0.25, -0.2) is 0 Å². The Bertz CT molecular complexity index is 1050. The molecule has 0 saturated heterocycles. The summed E-state index contributed by atoms with van der Waals surface area (Å²) in [6.45, 7) is 0.484. The van der Waals surface area contributed by atoms with E-state index >= 15 is 0 Å². The molecule has 138 valence electrons. The maximum Gasteiger partial charge on any atom is 0.269 e. The molecule has 0 saturated carbocycles. The van der Waals surface area contributed by atoms with Crippen molar-refractivity contribution in [3.8, 4) is 5.75 Å². The summed E-state index contributed by atoms with van der Waals surface area (Å²) < 4.78 is 5.95. The van der Waals surface area contributed by atoms with E-state index in [0.29, 0.717) is 12.6 Å². The number of tetrazole rings is 1. The predicted octanol–water partition coefficient (Wildman–Crippen LogP) is 3.88. The molecule has 0 atom stereocenters. The second-order valence-electron chi connectivity index (χ2n) is 5.94. The van der Waals surface area contributed by atoms with Crippen LogP contribution in [0.5, 0.6) is 5.75 Å². The summed E-state index contributed by atoms with van der Waals surface area (Å²) in [5.41, 5.74) is 2.81. The lowest BCUT2D eigenvalue weighted by Crippen LogP contribution is -2.02. The third kappa shape index (κ3) is 4.39. The van der Waals surface area contributed by atoms with Crippen LogP contribution in [-0.4, -0.2) is 26.5 Å². The summed E-state index contributed by atoms with van der Waals surface area (Å²) in [5, 5.41) is 19.1. The minimum atomic E-state index is 0.421. The summed E-state index contributed by atoms with van der Waals surface area (Å²) in [7, 11) is 0. The van der Waals surface area contributed by atoms with Crippen molar-refractivity contribution in [3.63, 3.8) is 0 Å². The van der Waals surface area contributed by atoms with Crippen LogP contribution in [0.1, 0.15) is 11.1 Å². The third-order valence-corrected chi connectivity index (χ3v) is 3.95. The third-order valence-electron chi connectivity index (χ3n) is 3.95.